The summed E-state index contributed by atoms with van der Waals surface area (Å²) in [6.07, 6.45) is 3.84. The lowest BCUT2D eigenvalue weighted by molar-refractivity contribution is 0.0898. The molecule has 2 heterocycles. The maximum absolute atomic E-state index is 9.29. The average molecular weight is 257 g/mol. The van der Waals surface area contributed by atoms with Crippen molar-refractivity contribution in [3.8, 4) is 6.07 Å². The van der Waals surface area contributed by atoms with Crippen LogP contribution in [0.25, 0.3) is 0 Å². The first-order valence-electron chi connectivity index (χ1n) is 6.95. The number of anilines is 1. The van der Waals surface area contributed by atoms with Gasteiger partial charge in [-0.15, -0.1) is 0 Å². The van der Waals surface area contributed by atoms with Gasteiger partial charge in [0.2, 0.25) is 0 Å². The predicted molar refractivity (Wildman–Crippen MR) is 72.9 cm³/mol. The molecule has 2 unspecified atom stereocenters. The van der Waals surface area contributed by atoms with Crippen LogP contribution in [0.15, 0.2) is 6.07 Å². The lowest BCUT2D eigenvalue weighted by Gasteiger charge is -2.21. The van der Waals surface area contributed by atoms with Crippen LogP contribution in [0.4, 0.5) is 5.82 Å². The Morgan fingerprint density at radius 3 is 2.84 bits per heavy atom. The molecule has 0 spiro atoms. The highest BCUT2D eigenvalue weighted by Crippen LogP contribution is 2.39. The quantitative estimate of drug-likeness (QED) is 0.904. The summed E-state index contributed by atoms with van der Waals surface area (Å²) in [4.78, 5) is 4.49. The van der Waals surface area contributed by atoms with E-state index in [2.05, 4.69) is 16.4 Å². The molecule has 1 saturated heterocycles. The minimum absolute atomic E-state index is 0.299. The summed E-state index contributed by atoms with van der Waals surface area (Å²) < 4.78 is 5.82. The van der Waals surface area contributed by atoms with Crippen molar-refractivity contribution >= 4 is 5.82 Å². The summed E-state index contributed by atoms with van der Waals surface area (Å²) in [6, 6.07) is 4.51. The average Bonchev–Trinajstić information content (AvgIpc) is 3.10. The van der Waals surface area contributed by atoms with Crippen molar-refractivity contribution in [1.82, 2.24) is 4.98 Å². The van der Waals surface area contributed by atoms with Crippen LogP contribution in [0.3, 0.4) is 0 Å². The van der Waals surface area contributed by atoms with Gasteiger partial charge >= 0.3 is 0 Å². The first kappa shape index (κ1) is 12.4. The summed E-state index contributed by atoms with van der Waals surface area (Å²) in [7, 11) is 0. The Morgan fingerprint density at radius 2 is 2.16 bits per heavy atom. The standard InChI is InChI=1S/C15H19N3O/c1-9-7-10(2)17-15(12(9)8-16)18-13-5-6-19-14(13)11-3-4-11/h7,11,13-14H,3-6H2,1-2H3,(H,17,18). The van der Waals surface area contributed by atoms with Crippen LogP contribution in [0, 0.1) is 31.1 Å². The maximum Gasteiger partial charge on any atom is 0.144 e. The molecule has 1 N–H and O–H groups in total. The Kier molecular flexibility index (Phi) is 3.16. The number of ether oxygens (including phenoxy) is 1. The summed E-state index contributed by atoms with van der Waals surface area (Å²) in [5, 5.41) is 12.7. The van der Waals surface area contributed by atoms with E-state index in [0.717, 1.165) is 30.1 Å². The highest BCUT2D eigenvalue weighted by atomic mass is 16.5. The van der Waals surface area contributed by atoms with E-state index in [1.54, 1.807) is 0 Å². The zero-order valence-electron chi connectivity index (χ0n) is 11.4. The third-order valence-corrected chi connectivity index (χ3v) is 4.00. The van der Waals surface area contributed by atoms with Crippen LogP contribution < -0.4 is 5.32 Å². The second-order valence-electron chi connectivity index (χ2n) is 5.63. The number of aromatic nitrogens is 1. The molecule has 3 rings (SSSR count). The zero-order valence-corrected chi connectivity index (χ0v) is 11.4. The minimum Gasteiger partial charge on any atom is -0.376 e. The van der Waals surface area contributed by atoms with E-state index in [1.807, 2.05) is 19.9 Å². The van der Waals surface area contributed by atoms with E-state index < -0.39 is 0 Å². The molecule has 4 nitrogen and oxygen atoms in total. The highest BCUT2D eigenvalue weighted by Gasteiger charge is 2.40. The molecular weight excluding hydrogens is 238 g/mol. The van der Waals surface area contributed by atoms with Crippen molar-refractivity contribution in [3.63, 3.8) is 0 Å². The fourth-order valence-electron chi connectivity index (χ4n) is 2.91. The number of nitriles is 1. The van der Waals surface area contributed by atoms with E-state index in [1.165, 1.54) is 12.8 Å². The van der Waals surface area contributed by atoms with Gasteiger partial charge in [-0.1, -0.05) is 0 Å². The lowest BCUT2D eigenvalue weighted by Crippen LogP contribution is -2.31. The molecule has 0 radical (unpaired) electrons. The molecule has 0 amide bonds. The Labute approximate surface area is 113 Å². The molecular formula is C15H19N3O. The van der Waals surface area contributed by atoms with Crippen molar-refractivity contribution in [2.45, 2.75) is 45.3 Å². The van der Waals surface area contributed by atoms with Gasteiger partial charge in [-0.3, -0.25) is 0 Å². The summed E-state index contributed by atoms with van der Waals surface area (Å²) >= 11 is 0. The Hall–Kier alpha value is -1.60. The van der Waals surface area contributed by atoms with Crippen LogP contribution in [0.1, 0.15) is 36.1 Å². The molecule has 19 heavy (non-hydrogen) atoms. The first-order valence-corrected chi connectivity index (χ1v) is 6.95. The molecule has 1 aliphatic carbocycles. The SMILES string of the molecule is Cc1cc(C)c(C#N)c(NC2CCOC2C2CC2)n1. The van der Waals surface area contributed by atoms with Gasteiger partial charge in [-0.2, -0.15) is 5.26 Å². The van der Waals surface area contributed by atoms with Crippen molar-refractivity contribution in [2.24, 2.45) is 5.92 Å². The number of hydrogen-bond acceptors (Lipinski definition) is 4. The molecule has 100 valence electrons. The lowest BCUT2D eigenvalue weighted by atomic mass is 10.0. The first-order chi connectivity index (χ1) is 9.19. The number of rotatable bonds is 3. The molecule has 1 aromatic rings. The molecule has 2 fully saturated rings. The van der Waals surface area contributed by atoms with Crippen LogP contribution in [0.2, 0.25) is 0 Å². The van der Waals surface area contributed by atoms with Crippen LogP contribution in [-0.4, -0.2) is 23.7 Å². The molecule has 1 aromatic heterocycles. The van der Waals surface area contributed by atoms with E-state index in [9.17, 15) is 5.26 Å². The largest absolute Gasteiger partial charge is 0.376 e. The Morgan fingerprint density at radius 1 is 1.37 bits per heavy atom. The molecule has 4 heteroatoms. The van der Waals surface area contributed by atoms with Gasteiger partial charge in [0.25, 0.3) is 0 Å². The van der Waals surface area contributed by atoms with E-state index in [0.29, 0.717) is 23.6 Å². The molecule has 2 atom stereocenters. The summed E-state index contributed by atoms with van der Waals surface area (Å²) in [5.41, 5.74) is 2.59. The Bertz CT molecular complexity index is 531. The van der Waals surface area contributed by atoms with Gasteiger partial charge in [0.05, 0.1) is 17.7 Å². The fraction of sp³-hybridized carbons (Fsp3) is 0.600. The van der Waals surface area contributed by atoms with Crippen molar-refractivity contribution in [1.29, 1.82) is 5.26 Å². The molecule has 1 aliphatic heterocycles. The zero-order chi connectivity index (χ0) is 13.4. The number of hydrogen-bond donors (Lipinski definition) is 1. The maximum atomic E-state index is 9.29. The molecule has 2 aliphatic rings. The second kappa shape index (κ2) is 4.82. The molecule has 0 aromatic carbocycles. The summed E-state index contributed by atoms with van der Waals surface area (Å²) in [6.45, 7) is 4.73. The van der Waals surface area contributed by atoms with Crippen molar-refractivity contribution in [2.75, 3.05) is 11.9 Å². The van der Waals surface area contributed by atoms with E-state index >= 15 is 0 Å². The summed E-state index contributed by atoms with van der Waals surface area (Å²) in [5.74, 6) is 1.43. The van der Waals surface area contributed by atoms with Crippen molar-refractivity contribution < 1.29 is 4.74 Å². The van der Waals surface area contributed by atoms with Gasteiger partial charge in [0, 0.05) is 12.3 Å². The van der Waals surface area contributed by atoms with Gasteiger partial charge < -0.3 is 10.1 Å². The topological polar surface area (TPSA) is 57.9 Å². The van der Waals surface area contributed by atoms with Gasteiger partial charge in [-0.25, -0.2) is 4.98 Å². The fourth-order valence-corrected chi connectivity index (χ4v) is 2.91. The van der Waals surface area contributed by atoms with Crippen LogP contribution in [0.5, 0.6) is 0 Å². The third-order valence-electron chi connectivity index (χ3n) is 4.00. The predicted octanol–water partition coefficient (Wildman–Crippen LogP) is 2.55. The second-order valence-corrected chi connectivity index (χ2v) is 5.63. The monoisotopic (exact) mass is 257 g/mol. The van der Waals surface area contributed by atoms with Gasteiger partial charge in [0.1, 0.15) is 11.9 Å². The third kappa shape index (κ3) is 2.43. The van der Waals surface area contributed by atoms with Crippen LogP contribution >= 0.6 is 0 Å². The van der Waals surface area contributed by atoms with Gasteiger partial charge in [0.15, 0.2) is 0 Å². The van der Waals surface area contributed by atoms with E-state index in [4.69, 9.17) is 4.74 Å². The minimum atomic E-state index is 0.299. The van der Waals surface area contributed by atoms with E-state index in [-0.39, 0.29) is 0 Å². The van der Waals surface area contributed by atoms with Gasteiger partial charge in [-0.05, 0) is 50.7 Å². The number of aryl methyl sites for hydroxylation is 2. The number of nitrogens with one attached hydrogen (secondary N) is 1. The number of pyridine rings is 1. The molecule has 0 bridgehead atoms. The Balaban J connectivity index is 1.84. The normalized spacial score (nSPS) is 26.2. The number of nitrogens with zero attached hydrogens (tertiary/aromatic N) is 2. The van der Waals surface area contributed by atoms with Crippen molar-refractivity contribution in [3.05, 3.63) is 22.9 Å². The molecule has 1 saturated carbocycles. The highest BCUT2D eigenvalue weighted by molar-refractivity contribution is 5.57. The van der Waals surface area contributed by atoms with Crippen LogP contribution in [-0.2, 0) is 4.74 Å². The smallest absolute Gasteiger partial charge is 0.144 e.